The van der Waals surface area contributed by atoms with Gasteiger partial charge < -0.3 is 9.84 Å². The predicted octanol–water partition coefficient (Wildman–Crippen LogP) is 3.56. The Morgan fingerprint density at radius 3 is 2.95 bits per heavy atom. The van der Waals surface area contributed by atoms with Gasteiger partial charge in [0, 0.05) is 23.5 Å². The third-order valence-electron chi connectivity index (χ3n) is 5.00. The van der Waals surface area contributed by atoms with E-state index in [-0.39, 0.29) is 0 Å². The molecule has 1 N–H and O–H groups in total. The van der Waals surface area contributed by atoms with E-state index in [4.69, 9.17) is 9.51 Å². The summed E-state index contributed by atoms with van der Waals surface area (Å²) in [5.41, 5.74) is 0. The molecule has 5 heteroatoms. The van der Waals surface area contributed by atoms with E-state index >= 15 is 0 Å². The van der Waals surface area contributed by atoms with Gasteiger partial charge in [-0.25, -0.2) is 0 Å². The van der Waals surface area contributed by atoms with Crippen LogP contribution < -0.4 is 5.32 Å². The summed E-state index contributed by atoms with van der Waals surface area (Å²) >= 11 is 1.99. The van der Waals surface area contributed by atoms with Gasteiger partial charge in [0.2, 0.25) is 5.89 Å². The maximum atomic E-state index is 5.63. The zero-order chi connectivity index (χ0) is 14.7. The fraction of sp³-hybridized carbons (Fsp3) is 0.875. The number of thioether (sulfide) groups is 1. The average molecular weight is 309 g/mol. The molecule has 1 aliphatic carbocycles. The number of hydrogen-bond donors (Lipinski definition) is 1. The second-order valence-corrected chi connectivity index (χ2v) is 7.55. The van der Waals surface area contributed by atoms with Gasteiger partial charge in [-0.05, 0) is 38.1 Å². The van der Waals surface area contributed by atoms with E-state index in [0.717, 1.165) is 35.7 Å². The summed E-state index contributed by atoms with van der Waals surface area (Å²) in [5.74, 6) is 5.87. The van der Waals surface area contributed by atoms with Gasteiger partial charge in [0.1, 0.15) is 0 Å². The summed E-state index contributed by atoms with van der Waals surface area (Å²) in [7, 11) is 0. The Bertz CT molecular complexity index is 450. The molecule has 0 bridgehead atoms. The van der Waals surface area contributed by atoms with Crippen molar-refractivity contribution in [3.8, 4) is 0 Å². The molecule has 1 saturated carbocycles. The van der Waals surface area contributed by atoms with Crippen molar-refractivity contribution >= 4 is 11.8 Å². The molecule has 2 heterocycles. The molecule has 1 aliphatic heterocycles. The molecule has 4 nitrogen and oxygen atoms in total. The van der Waals surface area contributed by atoms with Crippen molar-refractivity contribution in [1.29, 1.82) is 0 Å². The molecule has 4 atom stereocenters. The molecule has 4 unspecified atom stereocenters. The van der Waals surface area contributed by atoms with Crippen LogP contribution in [0.4, 0.5) is 0 Å². The van der Waals surface area contributed by atoms with E-state index in [0.29, 0.717) is 17.9 Å². The quantitative estimate of drug-likeness (QED) is 0.870. The zero-order valence-corrected chi connectivity index (χ0v) is 14.0. The Morgan fingerprint density at radius 2 is 2.19 bits per heavy atom. The summed E-state index contributed by atoms with van der Waals surface area (Å²) in [5, 5.41) is 7.93. The van der Waals surface area contributed by atoms with Gasteiger partial charge in [0.25, 0.3) is 0 Å². The summed E-state index contributed by atoms with van der Waals surface area (Å²) in [6.07, 6.45) is 6.25. The van der Waals surface area contributed by atoms with E-state index < -0.39 is 0 Å². The van der Waals surface area contributed by atoms with Crippen molar-refractivity contribution in [2.24, 2.45) is 5.92 Å². The lowest BCUT2D eigenvalue weighted by atomic mass is 10.0. The molecule has 0 spiro atoms. The van der Waals surface area contributed by atoms with Crippen molar-refractivity contribution in [2.75, 3.05) is 18.1 Å². The maximum Gasteiger partial charge on any atom is 0.232 e. The van der Waals surface area contributed by atoms with Crippen LogP contribution in [-0.4, -0.2) is 34.2 Å². The second kappa shape index (κ2) is 7.14. The Kier molecular flexibility index (Phi) is 5.22. The summed E-state index contributed by atoms with van der Waals surface area (Å²) in [4.78, 5) is 4.77. The summed E-state index contributed by atoms with van der Waals surface area (Å²) < 4.78 is 5.63. The lowest BCUT2D eigenvalue weighted by Gasteiger charge is -2.16. The topological polar surface area (TPSA) is 51.0 Å². The molecule has 21 heavy (non-hydrogen) atoms. The van der Waals surface area contributed by atoms with Crippen LogP contribution in [0.1, 0.15) is 69.5 Å². The van der Waals surface area contributed by atoms with Gasteiger partial charge in [-0.2, -0.15) is 16.7 Å². The second-order valence-electron chi connectivity index (χ2n) is 6.48. The van der Waals surface area contributed by atoms with Crippen molar-refractivity contribution < 1.29 is 4.52 Å². The highest BCUT2D eigenvalue weighted by molar-refractivity contribution is 7.99. The standard InChI is InChI=1S/C16H27N3OS/c1-3-7-17-14-10-21-9-13(14)16-18-15(19-20-16)12-6-5-11(4-2)8-12/h11-14,17H,3-10H2,1-2H3. The fourth-order valence-electron chi connectivity index (χ4n) is 3.57. The Balaban J connectivity index is 1.64. The van der Waals surface area contributed by atoms with Crippen molar-refractivity contribution in [3.05, 3.63) is 11.7 Å². The molecule has 1 saturated heterocycles. The Labute approximate surface area is 131 Å². The highest BCUT2D eigenvalue weighted by Crippen LogP contribution is 2.39. The zero-order valence-electron chi connectivity index (χ0n) is 13.2. The number of aromatic nitrogens is 2. The predicted molar refractivity (Wildman–Crippen MR) is 86.8 cm³/mol. The van der Waals surface area contributed by atoms with Crippen LogP contribution in [0.5, 0.6) is 0 Å². The first-order chi connectivity index (χ1) is 10.3. The Morgan fingerprint density at radius 1 is 1.29 bits per heavy atom. The summed E-state index contributed by atoms with van der Waals surface area (Å²) in [6, 6.07) is 0.496. The smallest absolute Gasteiger partial charge is 0.232 e. The molecule has 1 aromatic heterocycles. The molecule has 1 aromatic rings. The highest BCUT2D eigenvalue weighted by atomic mass is 32.2. The molecule has 0 aromatic carbocycles. The minimum Gasteiger partial charge on any atom is -0.339 e. The SMILES string of the molecule is CCCNC1CSCC1c1nc(C2CCC(CC)C2)no1. The van der Waals surface area contributed by atoms with Gasteiger partial charge in [0.15, 0.2) is 5.82 Å². The molecular formula is C16H27N3OS. The highest BCUT2D eigenvalue weighted by Gasteiger charge is 2.35. The lowest BCUT2D eigenvalue weighted by molar-refractivity contribution is 0.334. The van der Waals surface area contributed by atoms with Crippen molar-refractivity contribution in [1.82, 2.24) is 15.5 Å². The molecule has 2 fully saturated rings. The van der Waals surface area contributed by atoms with Gasteiger partial charge >= 0.3 is 0 Å². The van der Waals surface area contributed by atoms with Crippen molar-refractivity contribution in [2.45, 2.75) is 63.8 Å². The van der Waals surface area contributed by atoms with E-state index in [1.807, 2.05) is 11.8 Å². The van der Waals surface area contributed by atoms with E-state index in [1.54, 1.807) is 0 Å². The molecule has 3 rings (SSSR count). The fourth-order valence-corrected chi connectivity index (χ4v) is 4.94. The normalized spacial score (nSPS) is 32.9. The minimum atomic E-state index is 0.395. The average Bonchev–Trinajstić information content (AvgIpc) is 3.22. The monoisotopic (exact) mass is 309 g/mol. The van der Waals surface area contributed by atoms with Gasteiger partial charge in [-0.3, -0.25) is 0 Å². The van der Waals surface area contributed by atoms with Gasteiger partial charge in [-0.15, -0.1) is 0 Å². The third kappa shape index (κ3) is 3.45. The van der Waals surface area contributed by atoms with Gasteiger partial charge in [0.05, 0.1) is 5.92 Å². The van der Waals surface area contributed by atoms with E-state index in [2.05, 4.69) is 24.3 Å². The molecule has 0 radical (unpaired) electrons. The van der Waals surface area contributed by atoms with E-state index in [9.17, 15) is 0 Å². The number of nitrogens with zero attached hydrogens (tertiary/aromatic N) is 2. The van der Waals surface area contributed by atoms with Crippen LogP contribution >= 0.6 is 11.8 Å². The van der Waals surface area contributed by atoms with Crippen molar-refractivity contribution in [3.63, 3.8) is 0 Å². The van der Waals surface area contributed by atoms with Crippen LogP contribution in [0.25, 0.3) is 0 Å². The first-order valence-electron chi connectivity index (χ1n) is 8.46. The number of nitrogens with one attached hydrogen (secondary N) is 1. The lowest BCUT2D eigenvalue weighted by Crippen LogP contribution is -2.34. The van der Waals surface area contributed by atoms with E-state index in [1.165, 1.54) is 32.1 Å². The molecule has 2 aliphatic rings. The number of hydrogen-bond acceptors (Lipinski definition) is 5. The largest absolute Gasteiger partial charge is 0.339 e. The first-order valence-corrected chi connectivity index (χ1v) is 9.61. The molecule has 118 valence electrons. The summed E-state index contributed by atoms with van der Waals surface area (Å²) in [6.45, 7) is 5.57. The first kappa shape index (κ1) is 15.3. The van der Waals surface area contributed by atoms with Crippen LogP contribution in [0.3, 0.4) is 0 Å². The number of rotatable bonds is 6. The minimum absolute atomic E-state index is 0.395. The maximum absolute atomic E-state index is 5.63. The van der Waals surface area contributed by atoms with Crippen LogP contribution in [0, 0.1) is 5.92 Å². The van der Waals surface area contributed by atoms with Crippen LogP contribution in [-0.2, 0) is 0 Å². The molecular weight excluding hydrogens is 282 g/mol. The van der Waals surface area contributed by atoms with Crippen LogP contribution in [0.2, 0.25) is 0 Å². The third-order valence-corrected chi connectivity index (χ3v) is 6.19. The van der Waals surface area contributed by atoms with Crippen LogP contribution in [0.15, 0.2) is 4.52 Å². The van der Waals surface area contributed by atoms with Gasteiger partial charge in [-0.1, -0.05) is 25.4 Å². The molecule has 0 amide bonds. The Hall–Kier alpha value is -0.550.